The highest BCUT2D eigenvalue weighted by molar-refractivity contribution is 6.08. The molecule has 1 aromatic rings. The second kappa shape index (κ2) is 8.14. The fourth-order valence-corrected chi connectivity index (χ4v) is 3.51. The van der Waals surface area contributed by atoms with Gasteiger partial charge in [-0.05, 0) is 43.7 Å². The number of halogens is 2. The average molecular weight is 409 g/mol. The number of amides is 4. The molecule has 1 aliphatic carbocycles. The van der Waals surface area contributed by atoms with Gasteiger partial charge in [-0.1, -0.05) is 6.92 Å². The molecule has 1 saturated carbocycles. The average Bonchev–Trinajstić information content (AvgIpc) is 2.90. The van der Waals surface area contributed by atoms with Crippen molar-refractivity contribution in [3.63, 3.8) is 0 Å². The summed E-state index contributed by atoms with van der Waals surface area (Å²) in [5, 5.41) is 4.93. The zero-order valence-electron chi connectivity index (χ0n) is 15.8. The number of hydrogen-bond acceptors (Lipinski definition) is 5. The van der Waals surface area contributed by atoms with E-state index >= 15 is 0 Å². The van der Waals surface area contributed by atoms with E-state index < -0.39 is 54.1 Å². The molecule has 0 radical (unpaired) electrons. The van der Waals surface area contributed by atoms with Crippen molar-refractivity contribution in [1.82, 2.24) is 10.2 Å². The summed E-state index contributed by atoms with van der Waals surface area (Å²) in [7, 11) is 0. The SMILES string of the molecule is CC1CCC2(CC1)NC(=O)N(CC(=O)OCC(=O)Nc1ccc(F)c(F)c1)C2=O. The monoisotopic (exact) mass is 409 g/mol. The van der Waals surface area contributed by atoms with Gasteiger partial charge in [0, 0.05) is 11.8 Å². The summed E-state index contributed by atoms with van der Waals surface area (Å²) in [6, 6.07) is 2.12. The maximum Gasteiger partial charge on any atom is 0.326 e. The summed E-state index contributed by atoms with van der Waals surface area (Å²) >= 11 is 0. The third-order valence-electron chi connectivity index (χ3n) is 5.23. The van der Waals surface area contributed by atoms with Crippen LogP contribution in [0.3, 0.4) is 0 Å². The molecular formula is C19H21F2N3O5. The molecule has 0 atom stereocenters. The van der Waals surface area contributed by atoms with Crippen LogP contribution in [-0.2, 0) is 19.1 Å². The maximum absolute atomic E-state index is 13.1. The Morgan fingerprint density at radius 1 is 1.24 bits per heavy atom. The van der Waals surface area contributed by atoms with Crippen molar-refractivity contribution in [1.29, 1.82) is 0 Å². The first-order valence-electron chi connectivity index (χ1n) is 9.25. The van der Waals surface area contributed by atoms with E-state index in [9.17, 15) is 28.0 Å². The fraction of sp³-hybridized carbons (Fsp3) is 0.474. The van der Waals surface area contributed by atoms with Crippen molar-refractivity contribution in [2.75, 3.05) is 18.5 Å². The molecule has 8 nitrogen and oxygen atoms in total. The number of anilines is 1. The minimum atomic E-state index is -1.13. The summed E-state index contributed by atoms with van der Waals surface area (Å²) in [6.45, 7) is 0.763. The van der Waals surface area contributed by atoms with Crippen LogP contribution in [0.2, 0.25) is 0 Å². The van der Waals surface area contributed by atoms with Crippen molar-refractivity contribution in [2.45, 2.75) is 38.1 Å². The lowest BCUT2D eigenvalue weighted by Crippen LogP contribution is -2.49. The second-order valence-electron chi connectivity index (χ2n) is 7.42. The molecule has 10 heteroatoms. The number of benzene rings is 1. The molecule has 2 N–H and O–H groups in total. The summed E-state index contributed by atoms with van der Waals surface area (Å²) in [5.41, 5.74) is -0.971. The van der Waals surface area contributed by atoms with Crippen molar-refractivity contribution in [3.8, 4) is 0 Å². The number of imide groups is 1. The molecule has 1 spiro atoms. The summed E-state index contributed by atoms with van der Waals surface area (Å²) in [4.78, 5) is 49.4. The molecule has 29 heavy (non-hydrogen) atoms. The standard InChI is InChI=1S/C19H21F2N3O5/c1-11-4-6-19(7-5-11)17(27)24(18(28)23-19)9-16(26)29-10-15(25)22-12-2-3-13(20)14(21)8-12/h2-3,8,11H,4-7,9-10H2,1H3,(H,22,25)(H,23,28). The quantitative estimate of drug-likeness (QED) is 0.571. The van der Waals surface area contributed by atoms with Gasteiger partial charge in [0.05, 0.1) is 0 Å². The highest BCUT2D eigenvalue weighted by Gasteiger charge is 2.52. The van der Waals surface area contributed by atoms with Gasteiger partial charge in [-0.2, -0.15) is 0 Å². The maximum atomic E-state index is 13.1. The van der Waals surface area contributed by atoms with E-state index in [1.165, 1.54) is 0 Å². The second-order valence-corrected chi connectivity index (χ2v) is 7.42. The Morgan fingerprint density at radius 3 is 2.59 bits per heavy atom. The lowest BCUT2D eigenvalue weighted by atomic mass is 9.77. The predicted molar refractivity (Wildman–Crippen MR) is 96.6 cm³/mol. The van der Waals surface area contributed by atoms with Crippen LogP contribution in [0.25, 0.3) is 0 Å². The van der Waals surface area contributed by atoms with Gasteiger partial charge in [-0.25, -0.2) is 13.6 Å². The van der Waals surface area contributed by atoms with E-state index in [1.807, 2.05) is 0 Å². The van der Waals surface area contributed by atoms with Crippen LogP contribution < -0.4 is 10.6 Å². The summed E-state index contributed by atoms with van der Waals surface area (Å²) < 4.78 is 30.8. The van der Waals surface area contributed by atoms with Crippen LogP contribution in [0, 0.1) is 17.6 Å². The number of ether oxygens (including phenoxy) is 1. The Balaban J connectivity index is 1.50. The molecule has 0 unspecified atom stereocenters. The number of rotatable bonds is 5. The minimum Gasteiger partial charge on any atom is -0.454 e. The van der Waals surface area contributed by atoms with E-state index in [0.717, 1.165) is 35.9 Å². The van der Waals surface area contributed by atoms with E-state index in [1.54, 1.807) is 0 Å². The number of hydrogen-bond donors (Lipinski definition) is 2. The van der Waals surface area contributed by atoms with Crippen LogP contribution in [0.5, 0.6) is 0 Å². The summed E-state index contributed by atoms with van der Waals surface area (Å²) in [5.74, 6) is -3.90. The van der Waals surface area contributed by atoms with Gasteiger partial charge in [0.25, 0.3) is 11.8 Å². The minimum absolute atomic E-state index is 0.00693. The molecule has 1 saturated heterocycles. The lowest BCUT2D eigenvalue weighted by molar-refractivity contribution is -0.150. The lowest BCUT2D eigenvalue weighted by Gasteiger charge is -2.33. The normalized spacial score (nSPS) is 23.8. The fourth-order valence-electron chi connectivity index (χ4n) is 3.51. The Hall–Kier alpha value is -3.04. The molecule has 156 valence electrons. The van der Waals surface area contributed by atoms with Gasteiger partial charge in [0.2, 0.25) is 0 Å². The number of nitrogens with zero attached hydrogens (tertiary/aromatic N) is 1. The van der Waals surface area contributed by atoms with Gasteiger partial charge in [-0.3, -0.25) is 19.3 Å². The number of nitrogens with one attached hydrogen (secondary N) is 2. The van der Waals surface area contributed by atoms with Crippen LogP contribution in [0.4, 0.5) is 19.3 Å². The zero-order chi connectivity index (χ0) is 21.2. The van der Waals surface area contributed by atoms with E-state index in [0.29, 0.717) is 18.8 Å². The molecule has 1 heterocycles. The molecular weight excluding hydrogens is 388 g/mol. The predicted octanol–water partition coefficient (Wildman–Crippen LogP) is 1.95. The van der Waals surface area contributed by atoms with Crippen LogP contribution in [-0.4, -0.2) is 47.4 Å². The van der Waals surface area contributed by atoms with Gasteiger partial charge >= 0.3 is 12.0 Å². The van der Waals surface area contributed by atoms with Gasteiger partial charge in [0.1, 0.15) is 12.1 Å². The molecule has 3 rings (SSSR count). The molecule has 4 amide bonds. The molecule has 0 bridgehead atoms. The zero-order valence-corrected chi connectivity index (χ0v) is 15.8. The Bertz CT molecular complexity index is 852. The molecule has 0 aromatic heterocycles. The number of carbonyl (C=O) groups excluding carboxylic acids is 4. The topological polar surface area (TPSA) is 105 Å². The van der Waals surface area contributed by atoms with Crippen molar-refractivity contribution in [2.24, 2.45) is 5.92 Å². The van der Waals surface area contributed by atoms with Gasteiger partial charge < -0.3 is 15.4 Å². The first kappa shape index (κ1) is 20.7. The number of carbonyl (C=O) groups is 4. The van der Waals surface area contributed by atoms with E-state index in [2.05, 4.69) is 17.6 Å². The highest BCUT2D eigenvalue weighted by Crippen LogP contribution is 2.36. The van der Waals surface area contributed by atoms with Crippen molar-refractivity contribution < 1.29 is 32.7 Å². The molecule has 2 aliphatic rings. The number of esters is 1. The van der Waals surface area contributed by atoms with E-state index in [4.69, 9.17) is 4.74 Å². The van der Waals surface area contributed by atoms with Crippen LogP contribution in [0.15, 0.2) is 18.2 Å². The summed E-state index contributed by atoms with van der Waals surface area (Å²) in [6.07, 6.45) is 2.63. The highest BCUT2D eigenvalue weighted by atomic mass is 19.2. The van der Waals surface area contributed by atoms with Crippen molar-refractivity contribution in [3.05, 3.63) is 29.8 Å². The van der Waals surface area contributed by atoms with E-state index in [-0.39, 0.29) is 5.69 Å². The Morgan fingerprint density at radius 2 is 1.93 bits per heavy atom. The third kappa shape index (κ3) is 4.52. The third-order valence-corrected chi connectivity index (χ3v) is 5.23. The first-order valence-corrected chi connectivity index (χ1v) is 9.25. The largest absolute Gasteiger partial charge is 0.454 e. The van der Waals surface area contributed by atoms with Crippen LogP contribution >= 0.6 is 0 Å². The Labute approximate surface area is 165 Å². The van der Waals surface area contributed by atoms with Crippen LogP contribution in [0.1, 0.15) is 32.6 Å². The van der Waals surface area contributed by atoms with Crippen molar-refractivity contribution >= 4 is 29.5 Å². The molecule has 2 fully saturated rings. The first-order chi connectivity index (χ1) is 13.7. The number of urea groups is 1. The smallest absolute Gasteiger partial charge is 0.326 e. The molecule has 1 aromatic carbocycles. The van der Waals surface area contributed by atoms with Gasteiger partial charge in [-0.15, -0.1) is 0 Å². The Kier molecular flexibility index (Phi) is 5.81. The molecule has 1 aliphatic heterocycles. The van der Waals surface area contributed by atoms with Gasteiger partial charge in [0.15, 0.2) is 18.2 Å².